The highest BCUT2D eigenvalue weighted by Crippen LogP contribution is 2.38. The second-order valence-electron chi connectivity index (χ2n) is 13.3. The van der Waals surface area contributed by atoms with E-state index < -0.39 is 0 Å². The fraction of sp³-hybridized carbons (Fsp3) is 0.0682. The summed E-state index contributed by atoms with van der Waals surface area (Å²) in [6.45, 7) is 0. The Hall–Kier alpha value is -6.93. The Kier molecular flexibility index (Phi) is 7.43. The molecule has 3 N–H and O–H groups in total. The van der Waals surface area contributed by atoms with E-state index in [1.54, 1.807) is 12.1 Å². The lowest BCUT2D eigenvalue weighted by molar-refractivity contribution is -0.671. The van der Waals surface area contributed by atoms with E-state index in [2.05, 4.69) is 132 Å². The molecule has 9 rings (SSSR count). The average Bonchev–Trinajstić information content (AvgIpc) is 3.98. The molecule has 0 spiro atoms. The minimum Gasteiger partial charge on any atom is -0.508 e. The van der Waals surface area contributed by atoms with Crippen molar-refractivity contribution in [1.82, 2.24) is 19.9 Å². The maximum Gasteiger partial charge on any atom is 0.169 e. The summed E-state index contributed by atoms with van der Waals surface area (Å²) in [6, 6.07) is 28.5. The van der Waals surface area contributed by atoms with Crippen LogP contribution in [0.25, 0.3) is 90.9 Å². The van der Waals surface area contributed by atoms with Gasteiger partial charge in [0.2, 0.25) is 0 Å². The van der Waals surface area contributed by atoms with Crippen LogP contribution in [0, 0.1) is 0 Å². The summed E-state index contributed by atoms with van der Waals surface area (Å²) >= 11 is 0. The topological polar surface area (TPSA) is 89.2 Å². The van der Waals surface area contributed by atoms with Gasteiger partial charge in [0.25, 0.3) is 0 Å². The van der Waals surface area contributed by atoms with Crippen molar-refractivity contribution in [2.75, 3.05) is 0 Å². The molecular formula is C44H36N7O+3. The summed E-state index contributed by atoms with van der Waals surface area (Å²) in [5.74, 6) is 0.200. The Morgan fingerprint density at radius 2 is 0.788 bits per heavy atom. The summed E-state index contributed by atoms with van der Waals surface area (Å²) in [5, 5.41) is 10.6. The van der Waals surface area contributed by atoms with Crippen molar-refractivity contribution in [3.63, 3.8) is 0 Å². The van der Waals surface area contributed by atoms with Crippen molar-refractivity contribution >= 4 is 46.4 Å². The highest BCUT2D eigenvalue weighted by atomic mass is 16.3. The molecule has 0 saturated carbocycles. The van der Waals surface area contributed by atoms with Gasteiger partial charge in [0, 0.05) is 80.7 Å². The monoisotopic (exact) mass is 678 g/mol. The number of rotatable bonds is 4. The van der Waals surface area contributed by atoms with Gasteiger partial charge in [-0.15, -0.1) is 0 Å². The number of fused-ring (bicyclic) bond motifs is 8. The Labute approximate surface area is 300 Å². The lowest BCUT2D eigenvalue weighted by Crippen LogP contribution is -2.25. The van der Waals surface area contributed by atoms with Gasteiger partial charge in [0.15, 0.2) is 37.2 Å². The van der Waals surface area contributed by atoms with E-state index in [9.17, 15) is 5.11 Å². The van der Waals surface area contributed by atoms with E-state index in [0.29, 0.717) is 0 Å². The number of aryl methyl sites for hydroxylation is 3. The highest BCUT2D eigenvalue weighted by molar-refractivity contribution is 6.00. The predicted molar refractivity (Wildman–Crippen MR) is 206 cm³/mol. The van der Waals surface area contributed by atoms with Gasteiger partial charge in [-0.3, -0.25) is 0 Å². The maximum atomic E-state index is 10.6. The summed E-state index contributed by atoms with van der Waals surface area (Å²) in [7, 11) is 6.05. The van der Waals surface area contributed by atoms with Crippen molar-refractivity contribution < 1.29 is 18.8 Å². The number of hydrogen-bond donors (Lipinski definition) is 3. The van der Waals surface area contributed by atoms with E-state index in [1.807, 2.05) is 47.0 Å². The lowest BCUT2D eigenvalue weighted by atomic mass is 10.0. The molecule has 1 aromatic carbocycles. The first-order chi connectivity index (χ1) is 25.4. The fourth-order valence-corrected chi connectivity index (χ4v) is 7.08. The molecule has 8 nitrogen and oxygen atoms in total. The zero-order valence-corrected chi connectivity index (χ0v) is 29.0. The molecule has 8 heteroatoms. The van der Waals surface area contributed by atoms with Crippen LogP contribution in [0.2, 0.25) is 0 Å². The normalized spacial score (nSPS) is 12.1. The molecule has 6 aromatic heterocycles. The van der Waals surface area contributed by atoms with E-state index >= 15 is 0 Å². The number of phenolic OH excluding ortho intramolecular Hbond substituents is 1. The van der Waals surface area contributed by atoms with Crippen LogP contribution in [0.4, 0.5) is 0 Å². The van der Waals surface area contributed by atoms with E-state index in [1.165, 1.54) is 0 Å². The van der Waals surface area contributed by atoms with Crippen LogP contribution in [0.3, 0.4) is 0 Å². The average molecular weight is 679 g/mol. The number of aromatic nitrogens is 7. The molecule has 8 heterocycles. The van der Waals surface area contributed by atoms with Gasteiger partial charge >= 0.3 is 0 Å². The molecule has 0 radical (unpaired) electrons. The highest BCUT2D eigenvalue weighted by Gasteiger charge is 2.20. The second kappa shape index (κ2) is 12.4. The predicted octanol–water partition coefficient (Wildman–Crippen LogP) is 7.50. The SMILES string of the molecule is C[n+]1ccc(-c2c3nc(c(-c4cc[n+](C)cc4)c4ccc([nH]4)c(-c4cccc(O)c4)c4ccc([nH]4)c(-c4cc[n+](C)cc4)c4nc2C=C4)C=C3)cc1. The summed E-state index contributed by atoms with van der Waals surface area (Å²) in [6.07, 6.45) is 20.7. The van der Waals surface area contributed by atoms with Crippen LogP contribution in [0.1, 0.15) is 22.8 Å². The Morgan fingerprint density at radius 3 is 1.19 bits per heavy atom. The first-order valence-corrected chi connectivity index (χ1v) is 17.2. The van der Waals surface area contributed by atoms with Gasteiger partial charge in [-0.25, -0.2) is 23.7 Å². The van der Waals surface area contributed by atoms with Crippen LogP contribution < -0.4 is 13.7 Å². The van der Waals surface area contributed by atoms with Gasteiger partial charge in [0.1, 0.15) is 26.9 Å². The summed E-state index contributed by atoms with van der Waals surface area (Å²) in [5.41, 5.74) is 14.9. The molecular weight excluding hydrogens is 643 g/mol. The third-order valence-electron chi connectivity index (χ3n) is 9.69. The lowest BCUT2D eigenvalue weighted by Gasteiger charge is -2.06. The molecule has 0 fully saturated rings. The number of aromatic amines is 2. The third kappa shape index (κ3) is 5.56. The number of nitrogens with zero attached hydrogens (tertiary/aromatic N) is 5. The number of benzene rings is 1. The molecule has 52 heavy (non-hydrogen) atoms. The minimum absolute atomic E-state index is 0.200. The van der Waals surface area contributed by atoms with Crippen molar-refractivity contribution in [2.24, 2.45) is 21.1 Å². The first kappa shape index (κ1) is 31.1. The standard InChI is InChI=1S/C44H34N7O/c1-49-21-15-28(16-22-49)41-33-7-9-35(45-33)42(29-17-23-50(2)24-18-29)37-11-13-39(47-37)44(31-5-4-6-32(52)27-31)40-14-12-38(48-40)43(36-10-8-34(41)46-36)30-19-25-51(3)26-20-30/h4-27H,1-3H3,(H-,45,46,47,48,52)/q+1/p+2. The van der Waals surface area contributed by atoms with Crippen molar-refractivity contribution in [2.45, 2.75) is 0 Å². The zero-order valence-electron chi connectivity index (χ0n) is 29.0. The fourth-order valence-electron chi connectivity index (χ4n) is 7.08. The molecule has 7 aromatic rings. The molecule has 2 aliphatic rings. The van der Waals surface area contributed by atoms with Crippen LogP contribution in [-0.4, -0.2) is 25.0 Å². The molecule has 250 valence electrons. The molecule has 0 aliphatic carbocycles. The number of nitrogens with one attached hydrogen (secondary N) is 2. The summed E-state index contributed by atoms with van der Waals surface area (Å²) < 4.78 is 6.09. The largest absolute Gasteiger partial charge is 0.508 e. The van der Waals surface area contributed by atoms with Gasteiger partial charge in [0.05, 0.1) is 22.8 Å². The molecule has 0 amide bonds. The Morgan fingerprint density at radius 1 is 0.423 bits per heavy atom. The van der Waals surface area contributed by atoms with Crippen molar-refractivity contribution in [3.05, 3.63) is 145 Å². The molecule has 2 aliphatic heterocycles. The van der Waals surface area contributed by atoms with E-state index in [0.717, 1.165) is 89.4 Å². The minimum atomic E-state index is 0.200. The van der Waals surface area contributed by atoms with Crippen LogP contribution in [0.15, 0.2) is 122 Å². The van der Waals surface area contributed by atoms with Gasteiger partial charge in [-0.2, -0.15) is 0 Å². The van der Waals surface area contributed by atoms with Gasteiger partial charge in [-0.05, 0) is 83.0 Å². The molecule has 0 saturated heterocycles. The third-order valence-corrected chi connectivity index (χ3v) is 9.69. The molecule has 8 bridgehead atoms. The van der Waals surface area contributed by atoms with Gasteiger partial charge < -0.3 is 15.1 Å². The van der Waals surface area contributed by atoms with Crippen LogP contribution in [-0.2, 0) is 21.1 Å². The van der Waals surface area contributed by atoms with E-state index in [-0.39, 0.29) is 5.75 Å². The zero-order chi connectivity index (χ0) is 35.3. The van der Waals surface area contributed by atoms with Crippen LogP contribution in [0.5, 0.6) is 5.75 Å². The quantitative estimate of drug-likeness (QED) is 0.169. The Balaban J connectivity index is 1.47. The first-order valence-electron chi connectivity index (χ1n) is 17.2. The Bertz CT molecular complexity index is 2610. The van der Waals surface area contributed by atoms with Crippen molar-refractivity contribution in [1.29, 1.82) is 0 Å². The van der Waals surface area contributed by atoms with Gasteiger partial charge in [-0.1, -0.05) is 12.1 Å². The van der Waals surface area contributed by atoms with Crippen LogP contribution >= 0.6 is 0 Å². The number of aromatic hydroxyl groups is 1. The molecule has 0 atom stereocenters. The second-order valence-corrected chi connectivity index (χ2v) is 13.3. The maximum absolute atomic E-state index is 10.6. The smallest absolute Gasteiger partial charge is 0.169 e. The molecule has 0 unspecified atom stereocenters. The summed E-state index contributed by atoms with van der Waals surface area (Å²) in [4.78, 5) is 18.2. The number of pyridine rings is 3. The van der Waals surface area contributed by atoms with E-state index in [4.69, 9.17) is 9.97 Å². The number of H-pyrrole nitrogens is 2. The van der Waals surface area contributed by atoms with Crippen molar-refractivity contribution in [3.8, 4) is 50.3 Å². The number of phenols is 1. The number of hydrogen-bond acceptors (Lipinski definition) is 3.